The van der Waals surface area contributed by atoms with E-state index in [1.165, 1.54) is 0 Å². The second kappa shape index (κ2) is 6.08. The molecule has 1 aromatic rings. The number of hydrogen-bond donors (Lipinski definition) is 1. The van der Waals surface area contributed by atoms with Crippen molar-refractivity contribution in [3.63, 3.8) is 0 Å². The first-order chi connectivity index (χ1) is 10.3. The highest BCUT2D eigenvalue weighted by molar-refractivity contribution is 5.90. The Balaban J connectivity index is 2.35. The number of nitrogens with two attached hydrogens (primary N) is 1. The van der Waals surface area contributed by atoms with Crippen LogP contribution in [0.25, 0.3) is 0 Å². The Labute approximate surface area is 130 Å². The smallest absolute Gasteiger partial charge is 0.224 e. The molecule has 1 fully saturated rings. The van der Waals surface area contributed by atoms with Crippen LogP contribution < -0.4 is 5.73 Å². The zero-order valence-electron chi connectivity index (χ0n) is 13.6. The second-order valence-corrected chi connectivity index (χ2v) is 6.62. The molecule has 122 valence electrons. The molecule has 7 heteroatoms. The SMILES string of the molecule is COCCn1cc([C@H]2[C@@H](C(N)=O)CC(=O)N2C(C)(C)C)cn1. The number of primary amides is 1. The molecule has 2 amide bonds. The van der Waals surface area contributed by atoms with Gasteiger partial charge in [0.1, 0.15) is 0 Å². The number of amides is 2. The summed E-state index contributed by atoms with van der Waals surface area (Å²) in [5, 5.41) is 4.28. The van der Waals surface area contributed by atoms with E-state index in [1.807, 2.05) is 27.0 Å². The molecule has 0 aromatic carbocycles. The van der Waals surface area contributed by atoms with Crippen molar-refractivity contribution in [2.75, 3.05) is 13.7 Å². The topological polar surface area (TPSA) is 90.4 Å². The van der Waals surface area contributed by atoms with Gasteiger partial charge in [0.05, 0.1) is 31.3 Å². The van der Waals surface area contributed by atoms with Crippen LogP contribution in [0.2, 0.25) is 0 Å². The number of rotatable bonds is 5. The Morgan fingerprint density at radius 2 is 2.18 bits per heavy atom. The summed E-state index contributed by atoms with van der Waals surface area (Å²) >= 11 is 0. The predicted molar refractivity (Wildman–Crippen MR) is 80.7 cm³/mol. The summed E-state index contributed by atoms with van der Waals surface area (Å²) in [7, 11) is 1.63. The van der Waals surface area contributed by atoms with Gasteiger partial charge < -0.3 is 15.4 Å². The molecule has 1 saturated heterocycles. The summed E-state index contributed by atoms with van der Waals surface area (Å²) < 4.78 is 6.78. The van der Waals surface area contributed by atoms with E-state index < -0.39 is 11.8 Å². The molecule has 7 nitrogen and oxygen atoms in total. The van der Waals surface area contributed by atoms with Gasteiger partial charge in [-0.1, -0.05) is 0 Å². The zero-order valence-corrected chi connectivity index (χ0v) is 13.6. The lowest BCUT2D eigenvalue weighted by Crippen LogP contribution is -2.44. The fraction of sp³-hybridized carbons (Fsp3) is 0.667. The molecular weight excluding hydrogens is 284 g/mol. The van der Waals surface area contributed by atoms with Gasteiger partial charge in [-0.3, -0.25) is 14.3 Å². The van der Waals surface area contributed by atoms with Crippen molar-refractivity contribution >= 4 is 11.8 Å². The van der Waals surface area contributed by atoms with Gasteiger partial charge in [-0.25, -0.2) is 0 Å². The van der Waals surface area contributed by atoms with Gasteiger partial charge in [0, 0.05) is 30.8 Å². The highest BCUT2D eigenvalue weighted by Crippen LogP contribution is 2.42. The quantitative estimate of drug-likeness (QED) is 0.867. The van der Waals surface area contributed by atoms with E-state index in [1.54, 1.807) is 22.9 Å². The molecule has 0 aliphatic carbocycles. The van der Waals surface area contributed by atoms with Crippen LogP contribution in [-0.4, -0.2) is 45.8 Å². The Morgan fingerprint density at radius 3 is 2.73 bits per heavy atom. The second-order valence-electron chi connectivity index (χ2n) is 6.62. The number of nitrogens with zero attached hydrogens (tertiary/aromatic N) is 3. The first-order valence-corrected chi connectivity index (χ1v) is 7.38. The number of hydrogen-bond acceptors (Lipinski definition) is 4. The molecule has 1 aliphatic heterocycles. The van der Waals surface area contributed by atoms with Crippen molar-refractivity contribution < 1.29 is 14.3 Å². The maximum absolute atomic E-state index is 12.4. The third kappa shape index (κ3) is 3.14. The molecule has 1 aromatic heterocycles. The van der Waals surface area contributed by atoms with Crippen molar-refractivity contribution in [3.05, 3.63) is 18.0 Å². The third-order valence-corrected chi connectivity index (χ3v) is 3.93. The van der Waals surface area contributed by atoms with Gasteiger partial charge in [0.15, 0.2) is 0 Å². The largest absolute Gasteiger partial charge is 0.383 e. The fourth-order valence-corrected chi connectivity index (χ4v) is 3.00. The number of carbonyl (C=O) groups excluding carboxylic acids is 2. The Kier molecular flexibility index (Phi) is 4.55. The molecule has 22 heavy (non-hydrogen) atoms. The van der Waals surface area contributed by atoms with Crippen LogP contribution in [0.3, 0.4) is 0 Å². The predicted octanol–water partition coefficient (Wildman–Crippen LogP) is 0.703. The molecule has 0 unspecified atom stereocenters. The van der Waals surface area contributed by atoms with Gasteiger partial charge in [0.2, 0.25) is 11.8 Å². The van der Waals surface area contributed by atoms with Crippen molar-refractivity contribution in [2.45, 2.75) is 45.3 Å². The van der Waals surface area contributed by atoms with Crippen molar-refractivity contribution in [3.8, 4) is 0 Å². The van der Waals surface area contributed by atoms with Crippen molar-refractivity contribution in [1.29, 1.82) is 0 Å². The molecule has 2 N–H and O–H groups in total. The Bertz CT molecular complexity index is 561. The van der Waals surface area contributed by atoms with Gasteiger partial charge >= 0.3 is 0 Å². The molecule has 2 heterocycles. The summed E-state index contributed by atoms with van der Waals surface area (Å²) in [4.78, 5) is 25.9. The zero-order chi connectivity index (χ0) is 16.5. The van der Waals surface area contributed by atoms with Crippen LogP contribution >= 0.6 is 0 Å². The number of carbonyl (C=O) groups is 2. The Hall–Kier alpha value is -1.89. The molecule has 1 aliphatic rings. The monoisotopic (exact) mass is 308 g/mol. The molecule has 2 atom stereocenters. The first kappa shape index (κ1) is 16.5. The highest BCUT2D eigenvalue weighted by Gasteiger charge is 2.48. The molecule has 0 bridgehead atoms. The third-order valence-electron chi connectivity index (χ3n) is 3.93. The molecule has 2 rings (SSSR count). The maximum Gasteiger partial charge on any atom is 0.224 e. The molecule has 0 saturated carbocycles. The van der Waals surface area contributed by atoms with Crippen LogP contribution in [0.5, 0.6) is 0 Å². The molecule has 0 spiro atoms. The van der Waals surface area contributed by atoms with Crippen molar-refractivity contribution in [1.82, 2.24) is 14.7 Å². The van der Waals surface area contributed by atoms with E-state index in [0.717, 1.165) is 5.56 Å². The minimum atomic E-state index is -0.521. The van der Waals surface area contributed by atoms with Gasteiger partial charge in [-0.15, -0.1) is 0 Å². The van der Waals surface area contributed by atoms with Gasteiger partial charge in [-0.05, 0) is 20.8 Å². The summed E-state index contributed by atoms with van der Waals surface area (Å²) in [6, 6.07) is -0.360. The number of ether oxygens (including phenoxy) is 1. The highest BCUT2D eigenvalue weighted by atomic mass is 16.5. The van der Waals surface area contributed by atoms with E-state index in [0.29, 0.717) is 13.2 Å². The number of methoxy groups -OCH3 is 1. The summed E-state index contributed by atoms with van der Waals surface area (Å²) in [6.45, 7) is 7.03. The lowest BCUT2D eigenvalue weighted by Gasteiger charge is -2.37. The summed E-state index contributed by atoms with van der Waals surface area (Å²) in [6.07, 6.45) is 3.71. The van der Waals surface area contributed by atoms with E-state index in [2.05, 4.69) is 5.10 Å². The van der Waals surface area contributed by atoms with E-state index >= 15 is 0 Å². The van der Waals surface area contributed by atoms with Gasteiger partial charge in [-0.2, -0.15) is 5.10 Å². The van der Waals surface area contributed by atoms with E-state index in [-0.39, 0.29) is 23.9 Å². The van der Waals surface area contributed by atoms with Crippen LogP contribution in [-0.2, 0) is 20.9 Å². The normalized spacial score (nSPS) is 22.4. The number of aromatic nitrogens is 2. The maximum atomic E-state index is 12.4. The first-order valence-electron chi connectivity index (χ1n) is 7.38. The standard InChI is InChI=1S/C15H24N4O3/c1-15(2,3)19-12(20)7-11(14(16)21)13(19)10-8-17-18(9-10)5-6-22-4/h8-9,11,13H,5-7H2,1-4H3,(H2,16,21)/t11-,13-/m0/s1. The van der Waals surface area contributed by atoms with Crippen LogP contribution in [0.15, 0.2) is 12.4 Å². The van der Waals surface area contributed by atoms with Crippen molar-refractivity contribution in [2.24, 2.45) is 11.7 Å². The van der Waals surface area contributed by atoms with E-state index in [4.69, 9.17) is 10.5 Å². The van der Waals surface area contributed by atoms with Crippen LogP contribution in [0.4, 0.5) is 0 Å². The molecular formula is C15H24N4O3. The lowest BCUT2D eigenvalue weighted by atomic mass is 9.93. The Morgan fingerprint density at radius 1 is 1.50 bits per heavy atom. The average molecular weight is 308 g/mol. The molecule has 0 radical (unpaired) electrons. The average Bonchev–Trinajstić information content (AvgIpc) is 2.99. The minimum Gasteiger partial charge on any atom is -0.383 e. The van der Waals surface area contributed by atoms with Gasteiger partial charge in [0.25, 0.3) is 0 Å². The minimum absolute atomic E-state index is 0.0501. The summed E-state index contributed by atoms with van der Waals surface area (Å²) in [5.74, 6) is -1.02. The van der Waals surface area contributed by atoms with E-state index in [9.17, 15) is 9.59 Å². The van der Waals surface area contributed by atoms with Crippen LogP contribution in [0, 0.1) is 5.92 Å². The lowest BCUT2D eigenvalue weighted by molar-refractivity contribution is -0.133. The summed E-state index contributed by atoms with van der Waals surface area (Å²) in [5.41, 5.74) is 5.96. The van der Waals surface area contributed by atoms with Crippen LogP contribution in [0.1, 0.15) is 38.8 Å². The number of likely N-dealkylation sites (tertiary alicyclic amines) is 1. The fourth-order valence-electron chi connectivity index (χ4n) is 3.00.